The fourth-order valence-electron chi connectivity index (χ4n) is 2.84. The van der Waals surface area contributed by atoms with Gasteiger partial charge in [-0.25, -0.2) is 8.42 Å². The summed E-state index contributed by atoms with van der Waals surface area (Å²) in [6.45, 7) is 7.41. The van der Waals surface area contributed by atoms with E-state index in [1.165, 1.54) is 19.4 Å². The Balaban J connectivity index is 1.99. The number of sulfone groups is 1. The van der Waals surface area contributed by atoms with E-state index in [9.17, 15) is 8.42 Å². The Morgan fingerprint density at radius 3 is 2.57 bits per heavy atom. The lowest BCUT2D eigenvalue weighted by Crippen LogP contribution is -2.41. The third-order valence-electron chi connectivity index (χ3n) is 4.01. The minimum Gasteiger partial charge on any atom is -0.381 e. The van der Waals surface area contributed by atoms with Crippen LogP contribution >= 0.6 is 0 Å². The summed E-state index contributed by atoms with van der Waals surface area (Å²) in [7, 11) is -3.11. The summed E-state index contributed by atoms with van der Waals surface area (Å²) in [6, 6.07) is 7.65. The van der Waals surface area contributed by atoms with Crippen LogP contribution in [0.5, 0.6) is 0 Å². The average molecular weight is 310 g/mol. The van der Waals surface area contributed by atoms with Crippen LogP contribution in [-0.4, -0.2) is 44.7 Å². The van der Waals surface area contributed by atoms with E-state index in [2.05, 4.69) is 17.1 Å². The molecule has 5 heteroatoms. The molecular formula is C16H26N2O2S. The monoisotopic (exact) mass is 310 g/mol. The second kappa shape index (κ2) is 7.27. The van der Waals surface area contributed by atoms with Crippen molar-refractivity contribution in [1.82, 2.24) is 4.90 Å². The van der Waals surface area contributed by atoms with Gasteiger partial charge in [-0.1, -0.05) is 13.8 Å². The summed E-state index contributed by atoms with van der Waals surface area (Å²) < 4.78 is 24.0. The summed E-state index contributed by atoms with van der Waals surface area (Å²) in [5.41, 5.74) is 1.01. The highest BCUT2D eigenvalue weighted by molar-refractivity contribution is 7.91. The SMILES string of the molecule is CCCS(=O)(=O)c1ccc(NC2CCCN(CC)C2)cc1. The molecule has 1 aromatic carbocycles. The van der Waals surface area contributed by atoms with Crippen molar-refractivity contribution in [2.24, 2.45) is 0 Å². The number of hydrogen-bond donors (Lipinski definition) is 1. The van der Waals surface area contributed by atoms with E-state index in [0.29, 0.717) is 17.4 Å². The highest BCUT2D eigenvalue weighted by atomic mass is 32.2. The molecule has 0 amide bonds. The van der Waals surface area contributed by atoms with Crippen LogP contribution in [0.3, 0.4) is 0 Å². The molecule has 2 rings (SSSR count). The number of nitrogens with one attached hydrogen (secondary N) is 1. The van der Waals surface area contributed by atoms with Gasteiger partial charge in [-0.2, -0.15) is 0 Å². The van der Waals surface area contributed by atoms with Gasteiger partial charge < -0.3 is 10.2 Å². The zero-order chi connectivity index (χ0) is 15.3. The van der Waals surface area contributed by atoms with Crippen molar-refractivity contribution in [3.8, 4) is 0 Å². The first-order valence-corrected chi connectivity index (χ1v) is 9.52. The van der Waals surface area contributed by atoms with Gasteiger partial charge in [0.25, 0.3) is 0 Å². The minimum atomic E-state index is -3.11. The first-order chi connectivity index (χ1) is 10.0. The highest BCUT2D eigenvalue weighted by Crippen LogP contribution is 2.19. The average Bonchev–Trinajstić information content (AvgIpc) is 2.48. The largest absolute Gasteiger partial charge is 0.381 e. The van der Waals surface area contributed by atoms with Gasteiger partial charge in [-0.15, -0.1) is 0 Å². The lowest BCUT2D eigenvalue weighted by Gasteiger charge is -2.32. The predicted molar refractivity (Wildman–Crippen MR) is 87.5 cm³/mol. The normalized spacial score (nSPS) is 20.4. The molecule has 4 nitrogen and oxygen atoms in total. The van der Waals surface area contributed by atoms with Crippen LogP contribution < -0.4 is 5.32 Å². The van der Waals surface area contributed by atoms with E-state index < -0.39 is 9.84 Å². The first kappa shape index (κ1) is 16.3. The maximum absolute atomic E-state index is 12.0. The number of hydrogen-bond acceptors (Lipinski definition) is 4. The van der Waals surface area contributed by atoms with Crippen molar-refractivity contribution in [2.75, 3.05) is 30.7 Å². The molecule has 0 radical (unpaired) electrons. The molecule has 0 bridgehead atoms. The van der Waals surface area contributed by atoms with Gasteiger partial charge in [0.15, 0.2) is 9.84 Å². The smallest absolute Gasteiger partial charge is 0.178 e. The zero-order valence-electron chi connectivity index (χ0n) is 13.0. The molecule has 0 aromatic heterocycles. The highest BCUT2D eigenvalue weighted by Gasteiger charge is 2.18. The molecule has 1 atom stereocenters. The van der Waals surface area contributed by atoms with E-state index >= 15 is 0 Å². The topological polar surface area (TPSA) is 49.4 Å². The summed E-state index contributed by atoms with van der Waals surface area (Å²) in [4.78, 5) is 2.87. The quantitative estimate of drug-likeness (QED) is 0.878. The molecule has 1 aliphatic rings. The van der Waals surface area contributed by atoms with Crippen LogP contribution in [0.1, 0.15) is 33.1 Å². The Kier molecular flexibility index (Phi) is 5.65. The predicted octanol–water partition coefficient (Wildman–Crippen LogP) is 2.77. The maximum atomic E-state index is 12.0. The molecule has 118 valence electrons. The fraction of sp³-hybridized carbons (Fsp3) is 0.625. The standard InChI is InChI=1S/C16H26N2O2S/c1-3-12-21(19,20)16-9-7-14(8-10-16)17-15-6-5-11-18(4-2)13-15/h7-10,15,17H,3-6,11-13H2,1-2H3. The zero-order valence-corrected chi connectivity index (χ0v) is 13.8. The molecule has 1 heterocycles. The van der Waals surface area contributed by atoms with Crippen LogP contribution in [0, 0.1) is 0 Å². The van der Waals surface area contributed by atoms with Crippen molar-refractivity contribution in [1.29, 1.82) is 0 Å². The van der Waals surface area contributed by atoms with E-state index in [-0.39, 0.29) is 5.75 Å². The number of rotatable bonds is 6. The van der Waals surface area contributed by atoms with Gasteiger partial charge in [-0.05, 0) is 56.6 Å². The number of anilines is 1. The summed E-state index contributed by atoms with van der Waals surface area (Å²) in [6.07, 6.45) is 3.04. The molecule has 1 fully saturated rings. The van der Waals surface area contributed by atoms with Crippen LogP contribution in [-0.2, 0) is 9.84 Å². The molecule has 1 unspecified atom stereocenters. The van der Waals surface area contributed by atoms with Crippen molar-refractivity contribution in [3.05, 3.63) is 24.3 Å². The lowest BCUT2D eigenvalue weighted by atomic mass is 10.1. The maximum Gasteiger partial charge on any atom is 0.178 e. The second-order valence-electron chi connectivity index (χ2n) is 5.72. The third kappa shape index (κ3) is 4.45. The first-order valence-electron chi connectivity index (χ1n) is 7.87. The van der Waals surface area contributed by atoms with Gasteiger partial charge in [-0.3, -0.25) is 0 Å². The van der Waals surface area contributed by atoms with Crippen LogP contribution in [0.25, 0.3) is 0 Å². The Labute approximate surface area is 128 Å². The van der Waals surface area contributed by atoms with E-state index in [4.69, 9.17) is 0 Å². The van der Waals surface area contributed by atoms with E-state index in [1.54, 1.807) is 12.1 Å². The molecule has 1 aromatic rings. The number of nitrogens with zero attached hydrogens (tertiary/aromatic N) is 1. The molecular weight excluding hydrogens is 284 g/mol. The molecule has 0 saturated carbocycles. The molecule has 0 spiro atoms. The number of likely N-dealkylation sites (tertiary alicyclic amines) is 1. The molecule has 0 aliphatic carbocycles. The van der Waals surface area contributed by atoms with Gasteiger partial charge in [0.1, 0.15) is 0 Å². The van der Waals surface area contributed by atoms with E-state index in [1.807, 2.05) is 19.1 Å². The number of piperidine rings is 1. The van der Waals surface area contributed by atoms with Gasteiger partial charge >= 0.3 is 0 Å². The van der Waals surface area contributed by atoms with Crippen LogP contribution in [0.2, 0.25) is 0 Å². The lowest BCUT2D eigenvalue weighted by molar-refractivity contribution is 0.227. The summed E-state index contributed by atoms with van der Waals surface area (Å²) >= 11 is 0. The molecule has 1 N–H and O–H groups in total. The Morgan fingerprint density at radius 1 is 1.24 bits per heavy atom. The second-order valence-corrected chi connectivity index (χ2v) is 7.83. The molecule has 21 heavy (non-hydrogen) atoms. The van der Waals surface area contributed by atoms with Crippen molar-refractivity contribution in [3.63, 3.8) is 0 Å². The third-order valence-corrected chi connectivity index (χ3v) is 5.95. The molecule has 1 aliphatic heterocycles. The summed E-state index contributed by atoms with van der Waals surface area (Å²) in [5.74, 6) is 0.216. The van der Waals surface area contributed by atoms with Crippen LogP contribution in [0.15, 0.2) is 29.2 Å². The Hall–Kier alpha value is -1.07. The van der Waals surface area contributed by atoms with Crippen molar-refractivity contribution >= 4 is 15.5 Å². The summed E-state index contributed by atoms with van der Waals surface area (Å²) in [5, 5.41) is 3.52. The fourth-order valence-corrected chi connectivity index (χ4v) is 4.17. The van der Waals surface area contributed by atoms with E-state index in [0.717, 1.165) is 18.8 Å². The van der Waals surface area contributed by atoms with Crippen molar-refractivity contribution < 1.29 is 8.42 Å². The Bertz CT molecular complexity index is 540. The van der Waals surface area contributed by atoms with Gasteiger partial charge in [0.2, 0.25) is 0 Å². The van der Waals surface area contributed by atoms with Crippen LogP contribution in [0.4, 0.5) is 5.69 Å². The Morgan fingerprint density at radius 2 is 1.95 bits per heavy atom. The number of likely N-dealkylation sites (N-methyl/N-ethyl adjacent to an activating group) is 1. The minimum absolute atomic E-state index is 0.216. The number of benzene rings is 1. The molecule has 1 saturated heterocycles. The van der Waals surface area contributed by atoms with Gasteiger partial charge in [0.05, 0.1) is 10.6 Å². The van der Waals surface area contributed by atoms with Crippen molar-refractivity contribution in [2.45, 2.75) is 44.0 Å². The van der Waals surface area contributed by atoms with Gasteiger partial charge in [0, 0.05) is 18.3 Å².